The standard InChI is InChI=1S/C23H30O6/c1-22-11-18-16(26-3-4-28-18)8-12(22)7-14(24)19-13-9-17-21(29-6-5-27-17)23(13,2)10-15(25)20(19)22/h7,13,16-21H,3-6,8-11H2,1-2H3/t13-,16?,17?,18?,19+,20-,21?,22-,23-/m0/s1. The Labute approximate surface area is 171 Å². The van der Waals surface area contributed by atoms with Gasteiger partial charge in [0.15, 0.2) is 5.78 Å². The first kappa shape index (κ1) is 18.7. The van der Waals surface area contributed by atoms with Crippen LogP contribution >= 0.6 is 0 Å². The molecule has 4 unspecified atom stereocenters. The first-order valence-electron chi connectivity index (χ1n) is 11.2. The third kappa shape index (κ3) is 2.43. The van der Waals surface area contributed by atoms with Crippen LogP contribution in [0.15, 0.2) is 11.6 Å². The fraction of sp³-hybridized carbons (Fsp3) is 0.826. The summed E-state index contributed by atoms with van der Waals surface area (Å²) in [7, 11) is 0. The van der Waals surface area contributed by atoms with Gasteiger partial charge >= 0.3 is 0 Å². The Bertz CT molecular complexity index is 790. The van der Waals surface area contributed by atoms with E-state index in [1.165, 1.54) is 0 Å². The van der Waals surface area contributed by atoms with E-state index in [0.717, 1.165) is 18.4 Å². The van der Waals surface area contributed by atoms with E-state index in [1.807, 2.05) is 6.08 Å². The van der Waals surface area contributed by atoms with Crippen LogP contribution in [-0.4, -0.2) is 62.4 Å². The molecule has 6 rings (SSSR count). The van der Waals surface area contributed by atoms with Gasteiger partial charge in [0.25, 0.3) is 0 Å². The van der Waals surface area contributed by atoms with E-state index >= 15 is 0 Å². The topological polar surface area (TPSA) is 71.1 Å². The number of ketones is 2. The monoisotopic (exact) mass is 402 g/mol. The highest BCUT2D eigenvalue weighted by atomic mass is 16.6. The third-order valence-electron chi connectivity index (χ3n) is 9.00. The van der Waals surface area contributed by atoms with Gasteiger partial charge in [0.2, 0.25) is 0 Å². The molecule has 3 saturated carbocycles. The zero-order chi connectivity index (χ0) is 20.0. The minimum Gasteiger partial charge on any atom is -0.373 e. The first-order chi connectivity index (χ1) is 13.9. The fourth-order valence-corrected chi connectivity index (χ4v) is 7.74. The average molecular weight is 402 g/mol. The number of ether oxygens (including phenoxy) is 4. The Hall–Kier alpha value is -1.08. The molecule has 2 aliphatic heterocycles. The summed E-state index contributed by atoms with van der Waals surface area (Å²) in [5.41, 5.74) is 0.451. The van der Waals surface area contributed by atoms with Gasteiger partial charge in [-0.3, -0.25) is 9.59 Å². The lowest BCUT2D eigenvalue weighted by Crippen LogP contribution is -2.60. The summed E-state index contributed by atoms with van der Waals surface area (Å²) in [5.74, 6) is -0.0592. The predicted molar refractivity (Wildman–Crippen MR) is 102 cm³/mol. The summed E-state index contributed by atoms with van der Waals surface area (Å²) in [6.07, 6.45) is 4.54. The van der Waals surface area contributed by atoms with Crippen LogP contribution in [0, 0.1) is 28.6 Å². The quantitative estimate of drug-likeness (QED) is 0.618. The SMILES string of the molecule is C[C@]12CC3OCCOC3CC1=CC(=O)[C@@H]1[C@@H]2C(=O)C[C@]2(C)C3OCCOC3C[C@@H]12. The van der Waals surface area contributed by atoms with Crippen LogP contribution in [0.4, 0.5) is 0 Å². The van der Waals surface area contributed by atoms with Gasteiger partial charge < -0.3 is 18.9 Å². The Balaban J connectivity index is 1.41. The molecule has 6 aliphatic rings. The van der Waals surface area contributed by atoms with Crippen LogP contribution in [0.2, 0.25) is 0 Å². The highest BCUT2D eigenvalue weighted by Crippen LogP contribution is 2.64. The number of fused-ring (bicyclic) bond motifs is 8. The van der Waals surface area contributed by atoms with E-state index in [9.17, 15) is 9.59 Å². The van der Waals surface area contributed by atoms with Crippen molar-refractivity contribution in [3.63, 3.8) is 0 Å². The normalized spacial score (nSPS) is 53.9. The second-order valence-electron chi connectivity index (χ2n) is 10.4. The Morgan fingerprint density at radius 2 is 1.62 bits per heavy atom. The van der Waals surface area contributed by atoms with E-state index < -0.39 is 0 Å². The molecule has 0 N–H and O–H groups in total. The molecule has 2 heterocycles. The number of carbonyl (C=O) groups is 2. The minimum absolute atomic E-state index is 0.00194. The van der Waals surface area contributed by atoms with Gasteiger partial charge in [-0.25, -0.2) is 0 Å². The number of allylic oxidation sites excluding steroid dienone is 1. The lowest BCUT2D eigenvalue weighted by Gasteiger charge is -2.57. The highest BCUT2D eigenvalue weighted by Gasteiger charge is 2.67. The molecule has 0 spiro atoms. The number of rotatable bonds is 0. The Morgan fingerprint density at radius 3 is 2.41 bits per heavy atom. The zero-order valence-corrected chi connectivity index (χ0v) is 17.2. The molecule has 0 radical (unpaired) electrons. The summed E-state index contributed by atoms with van der Waals surface area (Å²) >= 11 is 0. The molecule has 9 atom stereocenters. The van der Waals surface area contributed by atoms with Gasteiger partial charge in [0.05, 0.1) is 50.8 Å². The van der Waals surface area contributed by atoms with Crippen molar-refractivity contribution in [3.05, 3.63) is 11.6 Å². The van der Waals surface area contributed by atoms with Crippen LogP contribution in [0.3, 0.4) is 0 Å². The summed E-state index contributed by atoms with van der Waals surface area (Å²) < 4.78 is 24.1. The largest absolute Gasteiger partial charge is 0.373 e. The van der Waals surface area contributed by atoms with E-state index in [0.29, 0.717) is 39.3 Å². The van der Waals surface area contributed by atoms with Crippen molar-refractivity contribution in [2.45, 2.75) is 63.9 Å². The van der Waals surface area contributed by atoms with Crippen LogP contribution in [0.1, 0.15) is 39.5 Å². The van der Waals surface area contributed by atoms with E-state index in [1.54, 1.807) is 0 Å². The lowest BCUT2D eigenvalue weighted by molar-refractivity contribution is -0.185. The van der Waals surface area contributed by atoms with Gasteiger partial charge in [-0.2, -0.15) is 0 Å². The molecule has 0 bridgehead atoms. The molecule has 0 amide bonds. The summed E-state index contributed by atoms with van der Waals surface area (Å²) in [6.45, 7) is 6.72. The summed E-state index contributed by atoms with van der Waals surface area (Å²) in [6, 6.07) is 0. The summed E-state index contributed by atoms with van der Waals surface area (Å²) in [4.78, 5) is 27.1. The summed E-state index contributed by atoms with van der Waals surface area (Å²) in [5, 5.41) is 0. The van der Waals surface area contributed by atoms with Gasteiger partial charge in [0, 0.05) is 29.1 Å². The maximum Gasteiger partial charge on any atom is 0.159 e. The molecular weight excluding hydrogens is 372 g/mol. The first-order valence-corrected chi connectivity index (χ1v) is 11.2. The smallest absolute Gasteiger partial charge is 0.159 e. The molecular formula is C23H30O6. The van der Waals surface area contributed by atoms with Crippen LogP contribution in [0.25, 0.3) is 0 Å². The maximum atomic E-state index is 13.7. The second kappa shape index (κ2) is 6.22. The molecule has 0 aromatic rings. The second-order valence-corrected chi connectivity index (χ2v) is 10.4. The molecule has 2 saturated heterocycles. The van der Waals surface area contributed by atoms with Crippen LogP contribution in [0.5, 0.6) is 0 Å². The van der Waals surface area contributed by atoms with Crippen molar-refractivity contribution >= 4 is 11.6 Å². The molecule has 0 aromatic heterocycles. The third-order valence-corrected chi connectivity index (χ3v) is 9.00. The fourth-order valence-electron chi connectivity index (χ4n) is 7.74. The van der Waals surface area contributed by atoms with Gasteiger partial charge in [-0.15, -0.1) is 0 Å². The van der Waals surface area contributed by atoms with Crippen LogP contribution in [-0.2, 0) is 28.5 Å². The Morgan fingerprint density at radius 1 is 0.931 bits per heavy atom. The van der Waals surface area contributed by atoms with Crippen molar-refractivity contribution in [2.75, 3.05) is 26.4 Å². The maximum absolute atomic E-state index is 13.7. The Kier molecular flexibility index (Phi) is 4.00. The van der Waals surface area contributed by atoms with E-state index in [-0.39, 0.29) is 64.6 Å². The van der Waals surface area contributed by atoms with Crippen molar-refractivity contribution in [1.82, 2.24) is 0 Å². The van der Waals surface area contributed by atoms with Crippen molar-refractivity contribution in [1.29, 1.82) is 0 Å². The van der Waals surface area contributed by atoms with Gasteiger partial charge in [-0.1, -0.05) is 19.4 Å². The number of carbonyl (C=O) groups excluding carboxylic acids is 2. The minimum atomic E-state index is -0.325. The zero-order valence-electron chi connectivity index (χ0n) is 17.2. The average Bonchev–Trinajstić information content (AvgIpc) is 2.99. The molecule has 6 heteroatoms. The van der Waals surface area contributed by atoms with Crippen molar-refractivity contribution < 1.29 is 28.5 Å². The molecule has 6 nitrogen and oxygen atoms in total. The highest BCUT2D eigenvalue weighted by molar-refractivity contribution is 6.00. The number of hydrogen-bond donors (Lipinski definition) is 0. The van der Waals surface area contributed by atoms with Crippen molar-refractivity contribution in [3.8, 4) is 0 Å². The van der Waals surface area contributed by atoms with E-state index in [4.69, 9.17) is 18.9 Å². The predicted octanol–water partition coefficient (Wildman–Crippen LogP) is 2.09. The van der Waals surface area contributed by atoms with Gasteiger partial charge in [0.1, 0.15) is 5.78 Å². The van der Waals surface area contributed by atoms with Crippen molar-refractivity contribution in [2.24, 2.45) is 28.6 Å². The van der Waals surface area contributed by atoms with E-state index in [2.05, 4.69) is 13.8 Å². The molecule has 5 fully saturated rings. The number of hydrogen-bond acceptors (Lipinski definition) is 6. The number of Topliss-reactive ketones (excluding diaryl/α,β-unsaturated/α-hetero) is 1. The molecule has 158 valence electrons. The molecule has 4 aliphatic carbocycles. The van der Waals surface area contributed by atoms with Gasteiger partial charge in [-0.05, 0) is 31.3 Å². The molecule has 29 heavy (non-hydrogen) atoms. The molecule has 0 aromatic carbocycles. The van der Waals surface area contributed by atoms with Crippen LogP contribution < -0.4 is 0 Å². The lowest BCUT2D eigenvalue weighted by atomic mass is 9.47.